The third-order valence-corrected chi connectivity index (χ3v) is 5.59. The highest BCUT2D eigenvalue weighted by Gasteiger charge is 2.15. The fourth-order valence-corrected chi connectivity index (χ4v) is 3.72. The Balaban J connectivity index is 1.66. The first-order valence-electron chi connectivity index (χ1n) is 9.22. The molecule has 0 aromatic heterocycles. The van der Waals surface area contributed by atoms with Crippen molar-refractivity contribution in [3.05, 3.63) is 78.4 Å². The molecule has 0 heterocycles. The molecule has 3 rings (SSSR count). The van der Waals surface area contributed by atoms with Crippen LogP contribution >= 0.6 is 0 Å². The molecule has 156 valence electrons. The lowest BCUT2D eigenvalue weighted by molar-refractivity contribution is 0.102. The number of rotatable bonds is 8. The zero-order valence-electron chi connectivity index (χ0n) is 16.6. The molecule has 0 spiro atoms. The lowest BCUT2D eigenvalue weighted by Gasteiger charge is -2.10. The molecule has 3 aromatic rings. The number of hydrogen-bond donors (Lipinski definition) is 2. The van der Waals surface area contributed by atoms with E-state index in [9.17, 15) is 13.2 Å². The molecule has 0 aliphatic heterocycles. The van der Waals surface area contributed by atoms with Gasteiger partial charge in [0.1, 0.15) is 11.5 Å². The largest absolute Gasteiger partial charge is 0.497 e. The van der Waals surface area contributed by atoms with Crippen LogP contribution in [0.3, 0.4) is 0 Å². The maximum Gasteiger partial charge on any atom is 0.261 e. The first-order chi connectivity index (χ1) is 14.4. The van der Waals surface area contributed by atoms with Gasteiger partial charge in [-0.1, -0.05) is 0 Å². The Kier molecular flexibility index (Phi) is 6.58. The van der Waals surface area contributed by atoms with Crippen LogP contribution in [-0.4, -0.2) is 28.0 Å². The fraction of sp³-hybridized carbons (Fsp3) is 0.136. The van der Waals surface area contributed by atoms with Crippen molar-refractivity contribution in [2.24, 2.45) is 0 Å². The van der Waals surface area contributed by atoms with Gasteiger partial charge in [0.2, 0.25) is 0 Å². The minimum absolute atomic E-state index is 0.0823. The molecule has 0 unspecified atom stereocenters. The Hall–Kier alpha value is -3.52. The van der Waals surface area contributed by atoms with E-state index in [4.69, 9.17) is 9.47 Å². The van der Waals surface area contributed by atoms with E-state index < -0.39 is 10.0 Å². The molecule has 0 saturated heterocycles. The third kappa shape index (κ3) is 5.30. The topological polar surface area (TPSA) is 93.7 Å². The van der Waals surface area contributed by atoms with Crippen molar-refractivity contribution >= 4 is 27.3 Å². The molecule has 0 bridgehead atoms. The summed E-state index contributed by atoms with van der Waals surface area (Å²) in [5.74, 6) is 1.01. The number of hydrogen-bond acceptors (Lipinski definition) is 5. The van der Waals surface area contributed by atoms with Gasteiger partial charge in [-0.15, -0.1) is 0 Å². The lowest BCUT2D eigenvalue weighted by atomic mass is 10.2. The van der Waals surface area contributed by atoms with Gasteiger partial charge in [0, 0.05) is 16.9 Å². The Morgan fingerprint density at radius 1 is 0.833 bits per heavy atom. The maximum atomic E-state index is 12.6. The van der Waals surface area contributed by atoms with Crippen molar-refractivity contribution < 1.29 is 22.7 Å². The second kappa shape index (κ2) is 9.32. The molecular formula is C22H22N2O5S. The number of methoxy groups -OCH3 is 1. The highest BCUT2D eigenvalue weighted by molar-refractivity contribution is 7.92. The molecule has 2 N–H and O–H groups in total. The van der Waals surface area contributed by atoms with Gasteiger partial charge < -0.3 is 14.8 Å². The van der Waals surface area contributed by atoms with E-state index in [1.54, 1.807) is 55.6 Å². The number of anilines is 2. The second-order valence-electron chi connectivity index (χ2n) is 6.27. The van der Waals surface area contributed by atoms with Gasteiger partial charge in [-0.3, -0.25) is 9.52 Å². The van der Waals surface area contributed by atoms with Crippen molar-refractivity contribution in [2.45, 2.75) is 11.8 Å². The van der Waals surface area contributed by atoms with Gasteiger partial charge in [0.25, 0.3) is 15.9 Å². The molecule has 0 atom stereocenters. The standard InChI is InChI=1S/C22H22N2O5S/c1-3-29-20-12-6-18(7-13-20)24-30(26,27)21-14-8-17(9-15-21)23-22(25)16-4-10-19(28-2)11-5-16/h4-15,24H,3H2,1-2H3,(H,23,25). The van der Waals surface area contributed by atoms with Crippen molar-refractivity contribution in [2.75, 3.05) is 23.8 Å². The average molecular weight is 426 g/mol. The van der Waals surface area contributed by atoms with Crippen molar-refractivity contribution in [3.63, 3.8) is 0 Å². The van der Waals surface area contributed by atoms with E-state index in [1.807, 2.05) is 6.92 Å². The average Bonchev–Trinajstić information content (AvgIpc) is 2.75. The van der Waals surface area contributed by atoms with Gasteiger partial charge in [-0.2, -0.15) is 0 Å². The SMILES string of the molecule is CCOc1ccc(NS(=O)(=O)c2ccc(NC(=O)c3ccc(OC)cc3)cc2)cc1. The van der Waals surface area contributed by atoms with Gasteiger partial charge in [0.05, 0.1) is 18.6 Å². The zero-order chi connectivity index (χ0) is 21.6. The summed E-state index contributed by atoms with van der Waals surface area (Å²) in [5, 5.41) is 2.73. The van der Waals surface area contributed by atoms with E-state index in [2.05, 4.69) is 10.0 Å². The summed E-state index contributed by atoms with van der Waals surface area (Å²) >= 11 is 0. The molecule has 0 aliphatic carbocycles. The first kappa shape index (κ1) is 21.2. The van der Waals surface area contributed by atoms with Crippen LogP contribution in [0.25, 0.3) is 0 Å². The Morgan fingerprint density at radius 2 is 1.40 bits per heavy atom. The van der Waals surface area contributed by atoms with Crippen LogP contribution in [0.2, 0.25) is 0 Å². The van der Waals surface area contributed by atoms with Crippen LogP contribution in [0, 0.1) is 0 Å². The summed E-state index contributed by atoms with van der Waals surface area (Å²) in [4.78, 5) is 12.4. The van der Waals surface area contributed by atoms with Gasteiger partial charge in [-0.25, -0.2) is 8.42 Å². The van der Waals surface area contributed by atoms with Crippen molar-refractivity contribution in [3.8, 4) is 11.5 Å². The van der Waals surface area contributed by atoms with E-state index in [-0.39, 0.29) is 10.8 Å². The molecule has 1 amide bonds. The molecule has 0 aliphatic rings. The Morgan fingerprint density at radius 3 is 1.97 bits per heavy atom. The molecular weight excluding hydrogens is 404 g/mol. The van der Waals surface area contributed by atoms with Gasteiger partial charge >= 0.3 is 0 Å². The quantitative estimate of drug-likeness (QED) is 0.564. The summed E-state index contributed by atoms with van der Waals surface area (Å²) in [6, 6.07) is 19.3. The Labute approximate surface area is 175 Å². The summed E-state index contributed by atoms with van der Waals surface area (Å²) in [6.07, 6.45) is 0. The number of nitrogens with one attached hydrogen (secondary N) is 2. The summed E-state index contributed by atoms with van der Waals surface area (Å²) in [7, 11) is -2.21. The predicted octanol–water partition coefficient (Wildman–Crippen LogP) is 4.15. The van der Waals surface area contributed by atoms with Crippen molar-refractivity contribution in [1.82, 2.24) is 0 Å². The van der Waals surface area contributed by atoms with Crippen LogP contribution in [0.15, 0.2) is 77.7 Å². The Bertz CT molecular complexity index is 1090. The highest BCUT2D eigenvalue weighted by Crippen LogP contribution is 2.21. The molecule has 7 nitrogen and oxygen atoms in total. The van der Waals surface area contributed by atoms with E-state index in [1.165, 1.54) is 24.3 Å². The fourth-order valence-electron chi connectivity index (χ4n) is 2.66. The number of carbonyl (C=O) groups excluding carboxylic acids is 1. The first-order valence-corrected chi connectivity index (χ1v) is 10.7. The number of carbonyl (C=O) groups is 1. The van der Waals surface area contributed by atoms with Gasteiger partial charge in [0.15, 0.2) is 0 Å². The molecule has 0 radical (unpaired) electrons. The summed E-state index contributed by atoms with van der Waals surface area (Å²) in [6.45, 7) is 2.41. The monoisotopic (exact) mass is 426 g/mol. The zero-order valence-corrected chi connectivity index (χ0v) is 17.4. The van der Waals surface area contributed by atoms with Gasteiger partial charge in [-0.05, 0) is 79.7 Å². The minimum atomic E-state index is -3.76. The van der Waals surface area contributed by atoms with Crippen LogP contribution in [0.1, 0.15) is 17.3 Å². The minimum Gasteiger partial charge on any atom is -0.497 e. The number of ether oxygens (including phenoxy) is 2. The second-order valence-corrected chi connectivity index (χ2v) is 7.95. The number of sulfonamides is 1. The van der Waals surface area contributed by atoms with E-state index in [0.717, 1.165) is 0 Å². The molecule has 30 heavy (non-hydrogen) atoms. The lowest BCUT2D eigenvalue weighted by Crippen LogP contribution is -2.14. The number of benzene rings is 3. The van der Waals surface area contributed by atoms with Crippen LogP contribution in [0.5, 0.6) is 11.5 Å². The predicted molar refractivity (Wildman–Crippen MR) is 116 cm³/mol. The third-order valence-electron chi connectivity index (χ3n) is 4.19. The van der Waals surface area contributed by atoms with E-state index in [0.29, 0.717) is 35.0 Å². The summed E-state index contributed by atoms with van der Waals surface area (Å²) in [5.41, 5.74) is 1.37. The van der Waals surface area contributed by atoms with E-state index >= 15 is 0 Å². The summed E-state index contributed by atoms with van der Waals surface area (Å²) < 4.78 is 38.1. The molecule has 0 fully saturated rings. The molecule has 3 aromatic carbocycles. The van der Waals surface area contributed by atoms with Crippen LogP contribution in [0.4, 0.5) is 11.4 Å². The number of amides is 1. The van der Waals surface area contributed by atoms with Crippen LogP contribution in [-0.2, 0) is 10.0 Å². The maximum absolute atomic E-state index is 12.6. The van der Waals surface area contributed by atoms with Crippen LogP contribution < -0.4 is 19.5 Å². The normalized spacial score (nSPS) is 10.9. The van der Waals surface area contributed by atoms with Crippen molar-refractivity contribution in [1.29, 1.82) is 0 Å². The smallest absolute Gasteiger partial charge is 0.261 e. The molecule has 0 saturated carbocycles. The highest BCUT2D eigenvalue weighted by atomic mass is 32.2. The molecule has 8 heteroatoms.